The molecule has 2 heterocycles. The van der Waals surface area contributed by atoms with Crippen LogP contribution < -0.4 is 4.74 Å². The molecule has 3 rings (SSSR count). The van der Waals surface area contributed by atoms with Gasteiger partial charge in [0, 0.05) is 6.54 Å². The number of aromatic nitrogens is 5. The van der Waals surface area contributed by atoms with E-state index < -0.39 is 4.92 Å². The number of nitro groups is 1. The quantitative estimate of drug-likeness (QED) is 0.328. The molecule has 9 nitrogen and oxygen atoms in total. The molecule has 0 radical (unpaired) electrons. The van der Waals surface area contributed by atoms with Gasteiger partial charge in [-0.05, 0) is 19.1 Å². The fourth-order valence-corrected chi connectivity index (χ4v) is 3.26. The molecule has 0 fully saturated rings. The van der Waals surface area contributed by atoms with Crippen molar-refractivity contribution >= 4 is 29.1 Å². The van der Waals surface area contributed by atoms with Gasteiger partial charge in [-0.3, -0.25) is 14.8 Å². The second kappa shape index (κ2) is 8.19. The third kappa shape index (κ3) is 4.14. The first kappa shape index (κ1) is 18.2. The molecule has 1 aromatic carbocycles. The molecule has 0 atom stereocenters. The number of halogens is 1. The summed E-state index contributed by atoms with van der Waals surface area (Å²) >= 11 is 7.46. The topological polar surface area (TPSA) is 101 Å². The molecule has 0 aliphatic heterocycles. The Kier molecular flexibility index (Phi) is 5.74. The number of benzene rings is 1. The average molecular weight is 395 g/mol. The van der Waals surface area contributed by atoms with Gasteiger partial charge in [-0.1, -0.05) is 35.5 Å². The van der Waals surface area contributed by atoms with E-state index in [1.165, 1.54) is 28.8 Å². The maximum Gasteiger partial charge on any atom is 0.307 e. The number of hydrogen-bond acceptors (Lipinski definition) is 7. The molecule has 0 unspecified atom stereocenters. The number of rotatable bonds is 8. The van der Waals surface area contributed by atoms with Crippen LogP contribution in [0, 0.1) is 10.1 Å². The lowest BCUT2D eigenvalue weighted by Crippen LogP contribution is -2.07. The molecule has 0 amide bonds. The monoisotopic (exact) mass is 394 g/mol. The summed E-state index contributed by atoms with van der Waals surface area (Å²) in [6.45, 7) is 2.87. The van der Waals surface area contributed by atoms with E-state index in [9.17, 15) is 10.1 Å². The summed E-state index contributed by atoms with van der Waals surface area (Å²) in [5.41, 5.74) is -0.0450. The smallest absolute Gasteiger partial charge is 0.307 e. The Morgan fingerprint density at radius 1 is 1.35 bits per heavy atom. The highest BCUT2D eigenvalue weighted by molar-refractivity contribution is 7.98. The Balaban J connectivity index is 1.65. The van der Waals surface area contributed by atoms with Crippen LogP contribution in [0.15, 0.2) is 41.8 Å². The minimum atomic E-state index is -0.479. The highest BCUT2D eigenvalue weighted by Crippen LogP contribution is 2.25. The predicted molar refractivity (Wildman–Crippen MR) is 96.2 cm³/mol. The molecule has 3 aromatic rings. The summed E-state index contributed by atoms with van der Waals surface area (Å²) in [6, 6.07) is 7.22. The normalized spacial score (nSPS) is 10.8. The van der Waals surface area contributed by atoms with Gasteiger partial charge in [-0.15, -0.1) is 10.2 Å². The molecule has 11 heteroatoms. The molecule has 26 heavy (non-hydrogen) atoms. The fourth-order valence-electron chi connectivity index (χ4n) is 2.20. The van der Waals surface area contributed by atoms with Crippen LogP contribution in [0.5, 0.6) is 5.75 Å². The molecule has 0 N–H and O–H groups in total. The zero-order chi connectivity index (χ0) is 18.5. The maximum atomic E-state index is 10.7. The first-order chi connectivity index (χ1) is 12.6. The summed E-state index contributed by atoms with van der Waals surface area (Å²) in [6.07, 6.45) is 2.59. The standard InChI is InChI=1S/C15H15ClN6O3S/c1-2-21-14(9-25-13-6-4-3-5-12(13)16)18-19-15(21)26-10-20-8-11(7-17-20)22(23)24/h3-8H,2,9-10H2,1H3. The molecule has 0 saturated heterocycles. The van der Waals surface area contributed by atoms with E-state index in [0.29, 0.717) is 34.2 Å². The first-order valence-corrected chi connectivity index (χ1v) is 9.04. The van der Waals surface area contributed by atoms with Gasteiger partial charge in [-0.25, -0.2) is 0 Å². The van der Waals surface area contributed by atoms with Crippen molar-refractivity contribution < 1.29 is 9.66 Å². The van der Waals surface area contributed by atoms with Gasteiger partial charge in [0.25, 0.3) is 0 Å². The van der Waals surface area contributed by atoms with Crippen molar-refractivity contribution in [2.75, 3.05) is 0 Å². The van der Waals surface area contributed by atoms with E-state index in [0.717, 1.165) is 0 Å². The minimum absolute atomic E-state index is 0.0450. The molecule has 2 aromatic heterocycles. The molecule has 0 aliphatic rings. The third-order valence-corrected chi connectivity index (χ3v) is 4.73. The summed E-state index contributed by atoms with van der Waals surface area (Å²) in [5, 5.41) is 24.2. The van der Waals surface area contributed by atoms with Crippen LogP contribution in [0.25, 0.3) is 0 Å². The minimum Gasteiger partial charge on any atom is -0.484 e. The van der Waals surface area contributed by atoms with Gasteiger partial charge in [0.15, 0.2) is 11.0 Å². The van der Waals surface area contributed by atoms with Crippen molar-refractivity contribution in [3.63, 3.8) is 0 Å². The van der Waals surface area contributed by atoms with Crippen LogP contribution in [-0.2, 0) is 19.0 Å². The van der Waals surface area contributed by atoms with Gasteiger partial charge >= 0.3 is 5.69 Å². The van der Waals surface area contributed by atoms with Crippen LogP contribution in [0.4, 0.5) is 5.69 Å². The second-order valence-corrected chi connectivity index (χ2v) is 6.45. The Bertz CT molecular complexity index is 912. The summed E-state index contributed by atoms with van der Waals surface area (Å²) in [5.74, 6) is 1.64. The van der Waals surface area contributed by atoms with Crippen LogP contribution in [-0.4, -0.2) is 29.5 Å². The van der Waals surface area contributed by atoms with Crippen LogP contribution >= 0.6 is 23.4 Å². The van der Waals surface area contributed by atoms with Crippen molar-refractivity contribution in [3.8, 4) is 5.75 Å². The Labute approximate surface area is 158 Å². The van der Waals surface area contributed by atoms with Crippen molar-refractivity contribution in [1.82, 2.24) is 24.5 Å². The van der Waals surface area contributed by atoms with Crippen molar-refractivity contribution in [1.29, 1.82) is 0 Å². The lowest BCUT2D eigenvalue weighted by atomic mass is 10.3. The zero-order valence-electron chi connectivity index (χ0n) is 13.8. The number of thioether (sulfide) groups is 1. The van der Waals surface area contributed by atoms with E-state index in [1.54, 1.807) is 12.1 Å². The van der Waals surface area contributed by atoms with Gasteiger partial charge in [-0.2, -0.15) is 5.10 Å². The number of ether oxygens (including phenoxy) is 1. The van der Waals surface area contributed by atoms with Crippen molar-refractivity contribution in [2.24, 2.45) is 0 Å². The Morgan fingerprint density at radius 2 is 2.15 bits per heavy atom. The van der Waals surface area contributed by atoms with Gasteiger partial charge in [0.05, 0.1) is 15.8 Å². The molecular weight excluding hydrogens is 380 g/mol. The molecule has 0 spiro atoms. The van der Waals surface area contributed by atoms with E-state index in [-0.39, 0.29) is 12.3 Å². The highest BCUT2D eigenvalue weighted by Gasteiger charge is 2.14. The highest BCUT2D eigenvalue weighted by atomic mass is 35.5. The van der Waals surface area contributed by atoms with Gasteiger partial charge in [0.1, 0.15) is 24.8 Å². The SMILES string of the molecule is CCn1c(COc2ccccc2Cl)nnc1SCn1cc([N+](=O)[O-])cn1. The van der Waals surface area contributed by atoms with Crippen molar-refractivity contribution in [3.05, 3.63) is 57.6 Å². The van der Waals surface area contributed by atoms with Gasteiger partial charge in [0.2, 0.25) is 0 Å². The Hall–Kier alpha value is -2.59. The maximum absolute atomic E-state index is 10.7. The largest absolute Gasteiger partial charge is 0.484 e. The lowest BCUT2D eigenvalue weighted by Gasteiger charge is -2.09. The van der Waals surface area contributed by atoms with E-state index in [1.807, 2.05) is 23.6 Å². The van der Waals surface area contributed by atoms with E-state index in [2.05, 4.69) is 15.3 Å². The Morgan fingerprint density at radius 3 is 2.85 bits per heavy atom. The van der Waals surface area contributed by atoms with E-state index >= 15 is 0 Å². The number of hydrogen-bond donors (Lipinski definition) is 0. The summed E-state index contributed by atoms with van der Waals surface area (Å²) in [7, 11) is 0. The molecule has 0 bridgehead atoms. The van der Waals surface area contributed by atoms with Crippen LogP contribution in [0.2, 0.25) is 5.02 Å². The molecule has 136 valence electrons. The van der Waals surface area contributed by atoms with Gasteiger partial charge < -0.3 is 9.30 Å². The molecule has 0 saturated carbocycles. The van der Waals surface area contributed by atoms with Crippen molar-refractivity contribution in [2.45, 2.75) is 31.1 Å². The van der Waals surface area contributed by atoms with E-state index in [4.69, 9.17) is 16.3 Å². The predicted octanol–water partition coefficient (Wildman–Crippen LogP) is 3.38. The second-order valence-electron chi connectivity index (χ2n) is 5.13. The molecule has 0 aliphatic carbocycles. The van der Waals surface area contributed by atoms with Crippen LogP contribution in [0.3, 0.4) is 0 Å². The molecular formula is C15H15ClN6O3S. The summed E-state index contributed by atoms with van der Waals surface area (Å²) < 4.78 is 9.11. The summed E-state index contributed by atoms with van der Waals surface area (Å²) in [4.78, 5) is 10.2. The number of nitrogens with zero attached hydrogens (tertiary/aromatic N) is 6. The first-order valence-electron chi connectivity index (χ1n) is 7.67. The average Bonchev–Trinajstić information content (AvgIpc) is 3.26. The third-order valence-electron chi connectivity index (χ3n) is 3.46. The number of para-hydroxylation sites is 1. The zero-order valence-corrected chi connectivity index (χ0v) is 15.4. The fraction of sp³-hybridized carbons (Fsp3) is 0.267. The lowest BCUT2D eigenvalue weighted by molar-refractivity contribution is -0.385. The van der Waals surface area contributed by atoms with Crippen LogP contribution in [0.1, 0.15) is 12.7 Å².